The van der Waals surface area contributed by atoms with Gasteiger partial charge < -0.3 is 23.7 Å². The summed E-state index contributed by atoms with van der Waals surface area (Å²) in [5.41, 5.74) is 1.66. The van der Waals surface area contributed by atoms with Gasteiger partial charge in [0.25, 0.3) is 5.56 Å². The lowest BCUT2D eigenvalue weighted by molar-refractivity contribution is -0.139. The summed E-state index contributed by atoms with van der Waals surface area (Å²) in [6.45, 7) is 3.56. The maximum absolute atomic E-state index is 14.0. The highest BCUT2D eigenvalue weighted by molar-refractivity contribution is 9.10. The second-order valence-electron chi connectivity index (χ2n) is 9.12. The molecule has 12 heteroatoms. The first-order chi connectivity index (χ1) is 20.2. The summed E-state index contributed by atoms with van der Waals surface area (Å²) >= 11 is 4.67. The predicted octanol–water partition coefficient (Wildman–Crippen LogP) is 4.54. The van der Waals surface area contributed by atoms with Crippen molar-refractivity contribution in [3.05, 3.63) is 101 Å². The Balaban J connectivity index is 1.65. The third kappa shape index (κ3) is 5.30. The normalized spacial score (nSPS) is 14.8. The standard InChI is InChI=1S/C30H25BrN2O8S/c1-5-40-29(37)25-15(2)32-30-33(26(25)19-13-20(31)23(39-4)14-22(19)38-3)27(34)24(42-30)12-18-10-11-21(41-18)16-6-8-17(9-7-16)28(35)36/h6-14,26H,5H2,1-4H3,(H,35,36)/b24-12-. The smallest absolute Gasteiger partial charge is 0.338 e. The fourth-order valence-electron chi connectivity index (χ4n) is 4.67. The first kappa shape index (κ1) is 29.1. The van der Waals surface area contributed by atoms with E-state index >= 15 is 0 Å². The second-order valence-corrected chi connectivity index (χ2v) is 11.0. The van der Waals surface area contributed by atoms with Gasteiger partial charge in [0, 0.05) is 23.3 Å². The number of thiazole rings is 1. The number of carboxylic acids is 1. The third-order valence-electron chi connectivity index (χ3n) is 6.63. The lowest BCUT2D eigenvalue weighted by Gasteiger charge is -2.26. The van der Waals surface area contributed by atoms with Gasteiger partial charge in [-0.25, -0.2) is 14.6 Å². The van der Waals surface area contributed by atoms with E-state index in [1.165, 1.54) is 30.9 Å². The molecule has 1 atom stereocenters. The van der Waals surface area contributed by atoms with E-state index in [9.17, 15) is 14.4 Å². The number of fused-ring (bicyclic) bond motifs is 1. The number of furan rings is 1. The SMILES string of the molecule is CCOC(=O)C1=C(C)N=c2s/c(=C\c3ccc(-c4ccc(C(=O)O)cc4)o3)c(=O)n2C1c1cc(Br)c(OC)cc1OC. The number of nitrogens with zero attached hydrogens (tertiary/aromatic N) is 2. The fourth-order valence-corrected chi connectivity index (χ4v) is 6.22. The molecule has 5 rings (SSSR count). The fraction of sp³-hybridized carbons (Fsp3) is 0.200. The molecule has 0 amide bonds. The molecule has 2 aromatic heterocycles. The number of allylic oxidation sites excluding steroid dienone is 1. The molecule has 4 aromatic rings. The van der Waals surface area contributed by atoms with Crippen molar-refractivity contribution in [1.82, 2.24) is 4.57 Å². The van der Waals surface area contributed by atoms with Gasteiger partial charge in [-0.05, 0) is 60.1 Å². The molecule has 2 aromatic carbocycles. The quantitative estimate of drug-likeness (QED) is 0.275. The number of aromatic carboxylic acids is 1. The Morgan fingerprint density at radius 3 is 2.48 bits per heavy atom. The topological polar surface area (TPSA) is 130 Å². The van der Waals surface area contributed by atoms with Crippen molar-refractivity contribution in [2.75, 3.05) is 20.8 Å². The molecule has 1 aliphatic rings. The van der Waals surface area contributed by atoms with Crippen LogP contribution in [0.2, 0.25) is 0 Å². The Kier molecular flexibility index (Phi) is 8.19. The van der Waals surface area contributed by atoms with E-state index in [1.54, 1.807) is 56.3 Å². The average molecular weight is 654 g/mol. The van der Waals surface area contributed by atoms with Crippen LogP contribution in [0.5, 0.6) is 11.5 Å². The number of rotatable bonds is 8. The van der Waals surface area contributed by atoms with Crippen LogP contribution in [0.25, 0.3) is 17.4 Å². The second kappa shape index (κ2) is 11.8. The van der Waals surface area contributed by atoms with E-state index in [0.29, 0.717) is 53.6 Å². The summed E-state index contributed by atoms with van der Waals surface area (Å²) in [6.07, 6.45) is 1.61. The highest BCUT2D eigenvalue weighted by Crippen LogP contribution is 2.41. The van der Waals surface area contributed by atoms with E-state index < -0.39 is 18.0 Å². The number of hydrogen-bond donors (Lipinski definition) is 1. The number of halogens is 1. The summed E-state index contributed by atoms with van der Waals surface area (Å²) in [6, 6.07) is 12.3. The molecule has 0 spiro atoms. The minimum absolute atomic E-state index is 0.149. The van der Waals surface area contributed by atoms with Crippen molar-refractivity contribution < 1.29 is 33.3 Å². The van der Waals surface area contributed by atoms with E-state index in [1.807, 2.05) is 0 Å². The van der Waals surface area contributed by atoms with Crippen LogP contribution in [0.1, 0.15) is 41.6 Å². The van der Waals surface area contributed by atoms with Gasteiger partial charge in [0.15, 0.2) is 4.80 Å². The van der Waals surface area contributed by atoms with Crippen LogP contribution in [0, 0.1) is 0 Å². The highest BCUT2D eigenvalue weighted by atomic mass is 79.9. The Labute approximate surface area is 251 Å². The Bertz CT molecular complexity index is 1920. The van der Waals surface area contributed by atoms with E-state index in [4.69, 9.17) is 23.7 Å². The Morgan fingerprint density at radius 2 is 1.83 bits per heavy atom. The van der Waals surface area contributed by atoms with Gasteiger partial charge in [0.05, 0.1) is 46.7 Å². The molecule has 1 unspecified atom stereocenters. The van der Waals surface area contributed by atoms with Crippen LogP contribution in [-0.2, 0) is 9.53 Å². The Morgan fingerprint density at radius 1 is 1.12 bits per heavy atom. The molecule has 216 valence electrons. The maximum Gasteiger partial charge on any atom is 0.338 e. The zero-order valence-electron chi connectivity index (χ0n) is 23.0. The van der Waals surface area contributed by atoms with Crippen LogP contribution in [-0.4, -0.2) is 42.4 Å². The van der Waals surface area contributed by atoms with Crippen LogP contribution in [0.4, 0.5) is 0 Å². The number of carbonyl (C=O) groups excluding carboxylic acids is 1. The zero-order valence-corrected chi connectivity index (χ0v) is 25.4. The van der Waals surface area contributed by atoms with Gasteiger partial charge in [0.1, 0.15) is 29.1 Å². The average Bonchev–Trinajstić information content (AvgIpc) is 3.56. The molecule has 0 saturated heterocycles. The van der Waals surface area contributed by atoms with Crippen molar-refractivity contribution in [1.29, 1.82) is 0 Å². The van der Waals surface area contributed by atoms with Gasteiger partial charge in [-0.2, -0.15) is 0 Å². The lowest BCUT2D eigenvalue weighted by atomic mass is 9.95. The minimum Gasteiger partial charge on any atom is -0.496 e. The number of methoxy groups -OCH3 is 2. The summed E-state index contributed by atoms with van der Waals surface area (Å²) in [5.74, 6) is 0.258. The van der Waals surface area contributed by atoms with Gasteiger partial charge in [-0.1, -0.05) is 23.5 Å². The molecule has 0 saturated carbocycles. The monoisotopic (exact) mass is 652 g/mol. The number of esters is 1. The van der Waals surface area contributed by atoms with Crippen LogP contribution in [0.3, 0.4) is 0 Å². The van der Waals surface area contributed by atoms with Crippen molar-refractivity contribution in [2.24, 2.45) is 4.99 Å². The first-order valence-corrected chi connectivity index (χ1v) is 14.3. The molecule has 10 nitrogen and oxygen atoms in total. The van der Waals surface area contributed by atoms with Crippen molar-refractivity contribution in [3.63, 3.8) is 0 Å². The molecule has 1 aliphatic heterocycles. The van der Waals surface area contributed by atoms with Gasteiger partial charge in [-0.15, -0.1) is 0 Å². The molecule has 3 heterocycles. The molecule has 0 fully saturated rings. The number of aromatic nitrogens is 1. The number of benzene rings is 2. The number of carboxylic acid groups (broad SMARTS) is 1. The maximum atomic E-state index is 14.0. The van der Waals surface area contributed by atoms with Gasteiger partial charge in [-0.3, -0.25) is 9.36 Å². The van der Waals surface area contributed by atoms with Crippen LogP contribution in [0.15, 0.2) is 78.5 Å². The largest absolute Gasteiger partial charge is 0.496 e. The third-order valence-corrected chi connectivity index (χ3v) is 8.23. The van der Waals surface area contributed by atoms with Crippen molar-refractivity contribution in [3.8, 4) is 22.8 Å². The highest BCUT2D eigenvalue weighted by Gasteiger charge is 2.35. The zero-order chi connectivity index (χ0) is 30.1. The van der Waals surface area contributed by atoms with Crippen molar-refractivity contribution >= 4 is 45.3 Å². The molecular formula is C30H25BrN2O8S. The molecular weight excluding hydrogens is 628 g/mol. The predicted molar refractivity (Wildman–Crippen MR) is 159 cm³/mol. The van der Waals surface area contributed by atoms with Crippen LogP contribution < -0.4 is 24.4 Å². The molecule has 1 N–H and O–H groups in total. The molecule has 0 radical (unpaired) electrons. The molecule has 0 aliphatic carbocycles. The minimum atomic E-state index is -1.02. The Hall–Kier alpha value is -4.42. The van der Waals surface area contributed by atoms with E-state index in [0.717, 1.165) is 11.3 Å². The van der Waals surface area contributed by atoms with E-state index in [-0.39, 0.29) is 23.3 Å². The summed E-state index contributed by atoms with van der Waals surface area (Å²) in [4.78, 5) is 43.3. The summed E-state index contributed by atoms with van der Waals surface area (Å²) in [5, 5.41) is 9.15. The van der Waals surface area contributed by atoms with Gasteiger partial charge >= 0.3 is 11.9 Å². The molecule has 42 heavy (non-hydrogen) atoms. The first-order valence-electron chi connectivity index (χ1n) is 12.7. The number of ether oxygens (including phenoxy) is 3. The number of carbonyl (C=O) groups is 2. The molecule has 0 bridgehead atoms. The van der Waals surface area contributed by atoms with Gasteiger partial charge in [0.2, 0.25) is 0 Å². The lowest BCUT2D eigenvalue weighted by Crippen LogP contribution is -2.40. The van der Waals surface area contributed by atoms with Crippen LogP contribution >= 0.6 is 27.3 Å². The van der Waals surface area contributed by atoms with Crippen molar-refractivity contribution in [2.45, 2.75) is 19.9 Å². The summed E-state index contributed by atoms with van der Waals surface area (Å²) < 4.78 is 24.8. The number of hydrogen-bond acceptors (Lipinski definition) is 9. The van der Waals surface area contributed by atoms with E-state index in [2.05, 4.69) is 20.9 Å². The summed E-state index contributed by atoms with van der Waals surface area (Å²) in [7, 11) is 3.03.